The van der Waals surface area contributed by atoms with Crippen LogP contribution in [0.5, 0.6) is 0 Å². The molecule has 0 saturated carbocycles. The van der Waals surface area contributed by atoms with Crippen molar-refractivity contribution >= 4 is 28.2 Å². The van der Waals surface area contributed by atoms with E-state index >= 15 is 0 Å². The van der Waals surface area contributed by atoms with Gasteiger partial charge in [0, 0.05) is 23.3 Å². The number of nitrogens with zero attached hydrogens (tertiary/aromatic N) is 3. The van der Waals surface area contributed by atoms with E-state index in [1.807, 2.05) is 0 Å². The summed E-state index contributed by atoms with van der Waals surface area (Å²) >= 11 is 6.09. The van der Waals surface area contributed by atoms with Gasteiger partial charge in [-0.1, -0.05) is 11.6 Å². The smallest absolute Gasteiger partial charge is 0.306 e. The normalized spacial score (nSPS) is 13.0. The Hall–Kier alpha value is -2.75. The minimum atomic E-state index is -4.81. The lowest BCUT2D eigenvalue weighted by molar-refractivity contribution is -0.140. The Morgan fingerprint density at radius 2 is 1.78 bits per heavy atom. The molecule has 0 aliphatic heterocycles. The third-order valence-electron chi connectivity index (χ3n) is 4.01. The third-order valence-corrected chi connectivity index (χ3v) is 4.31. The summed E-state index contributed by atoms with van der Waals surface area (Å²) in [4.78, 5) is 3.40. The van der Waals surface area contributed by atoms with E-state index in [0.717, 1.165) is 10.6 Å². The van der Waals surface area contributed by atoms with E-state index in [-0.39, 0.29) is 10.6 Å². The summed E-state index contributed by atoms with van der Waals surface area (Å²) in [7, 11) is 0. The molecule has 4 nitrogen and oxygen atoms in total. The quantitative estimate of drug-likeness (QED) is 0.422. The van der Waals surface area contributed by atoms with Crippen molar-refractivity contribution < 1.29 is 26.3 Å². The van der Waals surface area contributed by atoms with Crippen molar-refractivity contribution in [3.05, 3.63) is 53.1 Å². The number of imidazole rings is 1. The van der Waals surface area contributed by atoms with Crippen LogP contribution in [0, 0.1) is 0 Å². The standard InChI is InChI=1S/C16H7ClF6N4/c17-10-4-7(3-8-5-24-26-13(8)10)12-9(15(18,19)20)1-2-27-6-11(16(21,22)23)25-14(12)27/h1-6H,(H,24,26). The molecule has 0 unspecified atom stereocenters. The van der Waals surface area contributed by atoms with Crippen LogP contribution in [0.15, 0.2) is 36.8 Å². The number of pyridine rings is 1. The highest BCUT2D eigenvalue weighted by Gasteiger charge is 2.38. The predicted molar refractivity (Wildman–Crippen MR) is 85.3 cm³/mol. The van der Waals surface area contributed by atoms with Gasteiger partial charge in [-0.05, 0) is 23.8 Å². The minimum Gasteiger partial charge on any atom is -0.306 e. The van der Waals surface area contributed by atoms with Crippen LogP contribution in [0.1, 0.15) is 11.3 Å². The van der Waals surface area contributed by atoms with Crippen molar-refractivity contribution in [2.45, 2.75) is 12.4 Å². The SMILES string of the molecule is FC(F)(F)c1cn2ccc(C(F)(F)F)c(-c3cc(Cl)c4[nH]ncc4c3)c2n1. The number of hydrogen-bond donors (Lipinski definition) is 1. The van der Waals surface area contributed by atoms with Gasteiger partial charge in [0.1, 0.15) is 5.65 Å². The molecule has 0 aliphatic carbocycles. The van der Waals surface area contributed by atoms with E-state index in [1.54, 1.807) is 0 Å². The molecule has 3 aromatic heterocycles. The van der Waals surface area contributed by atoms with Crippen LogP contribution in [0.3, 0.4) is 0 Å². The summed E-state index contributed by atoms with van der Waals surface area (Å²) in [5, 5.41) is 6.86. The highest BCUT2D eigenvalue weighted by atomic mass is 35.5. The van der Waals surface area contributed by atoms with Gasteiger partial charge < -0.3 is 4.40 Å². The van der Waals surface area contributed by atoms with Crippen LogP contribution < -0.4 is 0 Å². The molecule has 0 bridgehead atoms. The van der Waals surface area contributed by atoms with Gasteiger partial charge in [-0.3, -0.25) is 5.10 Å². The van der Waals surface area contributed by atoms with Gasteiger partial charge in [-0.2, -0.15) is 31.4 Å². The summed E-state index contributed by atoms with van der Waals surface area (Å²) in [6, 6.07) is 3.30. The van der Waals surface area contributed by atoms with E-state index < -0.39 is 34.8 Å². The molecule has 3 heterocycles. The van der Waals surface area contributed by atoms with Crippen molar-refractivity contribution in [3.8, 4) is 11.1 Å². The molecule has 11 heteroatoms. The number of fused-ring (bicyclic) bond motifs is 2. The summed E-state index contributed by atoms with van der Waals surface area (Å²) in [5.41, 5.74) is -3.00. The molecular weight excluding hydrogens is 398 g/mol. The average molecular weight is 405 g/mol. The van der Waals surface area contributed by atoms with Gasteiger partial charge in [-0.15, -0.1) is 0 Å². The molecule has 140 valence electrons. The van der Waals surface area contributed by atoms with Crippen molar-refractivity contribution in [3.63, 3.8) is 0 Å². The van der Waals surface area contributed by atoms with Crippen LogP contribution in [0.25, 0.3) is 27.7 Å². The highest BCUT2D eigenvalue weighted by Crippen LogP contribution is 2.42. The van der Waals surface area contributed by atoms with E-state index in [0.29, 0.717) is 23.2 Å². The molecule has 0 atom stereocenters. The maximum absolute atomic E-state index is 13.5. The number of hydrogen-bond acceptors (Lipinski definition) is 2. The highest BCUT2D eigenvalue weighted by molar-refractivity contribution is 6.35. The van der Waals surface area contributed by atoms with Gasteiger partial charge in [0.05, 0.1) is 22.3 Å². The fourth-order valence-corrected chi connectivity index (χ4v) is 3.14. The molecule has 0 fully saturated rings. The van der Waals surface area contributed by atoms with Crippen molar-refractivity contribution in [2.24, 2.45) is 0 Å². The van der Waals surface area contributed by atoms with E-state index in [4.69, 9.17) is 11.6 Å². The maximum Gasteiger partial charge on any atom is 0.434 e. The van der Waals surface area contributed by atoms with Gasteiger partial charge >= 0.3 is 12.4 Å². The van der Waals surface area contributed by atoms with Crippen LogP contribution in [-0.2, 0) is 12.4 Å². The number of nitrogens with one attached hydrogen (secondary N) is 1. The third kappa shape index (κ3) is 2.89. The van der Waals surface area contributed by atoms with Gasteiger partial charge in [0.15, 0.2) is 5.69 Å². The Bertz CT molecular complexity index is 1170. The number of halogens is 7. The number of alkyl halides is 6. The first kappa shape index (κ1) is 17.7. The second kappa shape index (κ2) is 5.62. The summed E-state index contributed by atoms with van der Waals surface area (Å²) in [6.45, 7) is 0. The number of rotatable bonds is 1. The molecule has 1 aromatic carbocycles. The average Bonchev–Trinajstić information content (AvgIpc) is 3.18. The maximum atomic E-state index is 13.5. The Morgan fingerprint density at radius 1 is 1.04 bits per heavy atom. The zero-order valence-corrected chi connectivity index (χ0v) is 13.7. The molecular formula is C16H7ClF6N4. The van der Waals surface area contributed by atoms with Gasteiger partial charge in [-0.25, -0.2) is 4.98 Å². The molecule has 27 heavy (non-hydrogen) atoms. The number of benzene rings is 1. The van der Waals surface area contributed by atoms with E-state index in [1.165, 1.54) is 18.3 Å². The summed E-state index contributed by atoms with van der Waals surface area (Å²) in [6.07, 6.45) is -6.73. The first-order chi connectivity index (χ1) is 12.6. The number of H-pyrrole nitrogens is 1. The lowest BCUT2D eigenvalue weighted by atomic mass is 9.99. The topological polar surface area (TPSA) is 46.0 Å². The van der Waals surface area contributed by atoms with E-state index in [9.17, 15) is 26.3 Å². The molecule has 4 rings (SSSR count). The monoisotopic (exact) mass is 404 g/mol. The second-order valence-corrected chi connectivity index (χ2v) is 6.16. The largest absolute Gasteiger partial charge is 0.434 e. The van der Waals surface area contributed by atoms with E-state index in [2.05, 4.69) is 15.2 Å². The summed E-state index contributed by atoms with van der Waals surface area (Å²) in [5.74, 6) is 0. The first-order valence-electron chi connectivity index (χ1n) is 7.35. The lowest BCUT2D eigenvalue weighted by Crippen LogP contribution is -2.09. The Labute approximate surface area is 151 Å². The minimum absolute atomic E-state index is 0.0221. The molecule has 4 aromatic rings. The molecule has 0 spiro atoms. The second-order valence-electron chi connectivity index (χ2n) is 5.75. The Kier molecular flexibility index (Phi) is 3.68. The van der Waals surface area contributed by atoms with Crippen LogP contribution in [-0.4, -0.2) is 19.6 Å². The van der Waals surface area contributed by atoms with Crippen molar-refractivity contribution in [1.29, 1.82) is 0 Å². The fourth-order valence-electron chi connectivity index (χ4n) is 2.87. The van der Waals surface area contributed by atoms with Crippen LogP contribution in [0.4, 0.5) is 26.3 Å². The fraction of sp³-hybridized carbons (Fsp3) is 0.125. The number of aromatic nitrogens is 4. The molecule has 0 amide bonds. The summed E-state index contributed by atoms with van der Waals surface area (Å²) < 4.78 is 80.5. The predicted octanol–water partition coefficient (Wildman–Crippen LogP) is 5.57. The van der Waals surface area contributed by atoms with Gasteiger partial charge in [0.2, 0.25) is 0 Å². The zero-order chi connectivity index (χ0) is 19.6. The lowest BCUT2D eigenvalue weighted by Gasteiger charge is -2.14. The number of aromatic amines is 1. The molecule has 0 radical (unpaired) electrons. The molecule has 1 N–H and O–H groups in total. The van der Waals surface area contributed by atoms with Crippen molar-refractivity contribution in [1.82, 2.24) is 19.6 Å². The van der Waals surface area contributed by atoms with Crippen LogP contribution >= 0.6 is 11.6 Å². The Morgan fingerprint density at radius 3 is 2.44 bits per heavy atom. The zero-order valence-electron chi connectivity index (χ0n) is 13.0. The van der Waals surface area contributed by atoms with Gasteiger partial charge in [0.25, 0.3) is 0 Å². The first-order valence-corrected chi connectivity index (χ1v) is 7.72. The molecule has 0 saturated heterocycles. The molecule has 0 aliphatic rings. The van der Waals surface area contributed by atoms with Crippen LogP contribution in [0.2, 0.25) is 5.02 Å². The van der Waals surface area contributed by atoms with Crippen molar-refractivity contribution in [2.75, 3.05) is 0 Å². The Balaban J connectivity index is 2.10.